The molecule has 158 valence electrons. The molecular weight excluding hydrogens is 466 g/mol. The van der Waals surface area contributed by atoms with Crippen molar-refractivity contribution in [3.8, 4) is 11.5 Å². The Morgan fingerprint density at radius 2 is 1.80 bits per heavy atom. The molecule has 4 rings (SSSR count). The number of aryl methyl sites for hydroxylation is 1. The number of piperidine rings is 1. The van der Waals surface area contributed by atoms with E-state index in [4.69, 9.17) is 9.47 Å². The van der Waals surface area contributed by atoms with Crippen LogP contribution in [0.15, 0.2) is 45.8 Å². The molecule has 2 aliphatic heterocycles. The first kappa shape index (κ1) is 21.2. The summed E-state index contributed by atoms with van der Waals surface area (Å²) in [5.41, 5.74) is 1.82. The highest BCUT2D eigenvalue weighted by Gasteiger charge is 2.28. The second-order valence-electron chi connectivity index (χ2n) is 7.58. The maximum absolute atomic E-state index is 12.9. The monoisotopic (exact) mass is 489 g/mol. The standard InChI is InChI=1S/C23H24BrNO4S/c1-15-12-18(24)3-5-21(15)30-14-22(26)25-8-6-16(7-9-25)23(27)17-2-4-19-20(13-17)29-11-10-28-19/h2-5,12-13,16H,6-11,14H2,1H3. The fourth-order valence-electron chi connectivity index (χ4n) is 3.83. The van der Waals surface area contributed by atoms with E-state index in [9.17, 15) is 9.59 Å². The molecule has 0 bridgehead atoms. The molecule has 0 N–H and O–H groups in total. The van der Waals surface area contributed by atoms with Gasteiger partial charge in [0.2, 0.25) is 5.91 Å². The molecule has 0 unspecified atom stereocenters. The van der Waals surface area contributed by atoms with Crippen LogP contribution in [0.1, 0.15) is 28.8 Å². The molecule has 0 radical (unpaired) electrons. The molecule has 0 spiro atoms. The zero-order valence-corrected chi connectivity index (χ0v) is 19.3. The van der Waals surface area contributed by atoms with Gasteiger partial charge in [0, 0.05) is 33.9 Å². The van der Waals surface area contributed by atoms with Crippen molar-refractivity contribution in [2.24, 2.45) is 5.92 Å². The Bertz CT molecular complexity index is 956. The highest BCUT2D eigenvalue weighted by molar-refractivity contribution is 9.10. The van der Waals surface area contributed by atoms with Crippen molar-refractivity contribution in [2.75, 3.05) is 32.1 Å². The Balaban J connectivity index is 1.30. The minimum atomic E-state index is -0.0574. The summed E-state index contributed by atoms with van der Waals surface area (Å²) >= 11 is 5.04. The molecule has 2 aliphatic rings. The van der Waals surface area contributed by atoms with E-state index in [0.29, 0.717) is 62.0 Å². The lowest BCUT2D eigenvalue weighted by Gasteiger charge is -2.31. The molecule has 5 nitrogen and oxygen atoms in total. The number of likely N-dealkylation sites (tertiary alicyclic amines) is 1. The first-order chi connectivity index (χ1) is 14.5. The average Bonchev–Trinajstić information content (AvgIpc) is 2.77. The van der Waals surface area contributed by atoms with Crippen LogP contribution in [-0.4, -0.2) is 48.6 Å². The number of rotatable bonds is 5. The van der Waals surface area contributed by atoms with E-state index in [0.717, 1.165) is 14.9 Å². The molecule has 0 aromatic heterocycles. The highest BCUT2D eigenvalue weighted by Crippen LogP contribution is 2.33. The molecule has 2 aromatic rings. The summed E-state index contributed by atoms with van der Waals surface area (Å²) in [5, 5.41) is 0. The zero-order chi connectivity index (χ0) is 21.1. The first-order valence-corrected chi connectivity index (χ1v) is 11.9. The molecule has 1 saturated heterocycles. The Labute approximate surface area is 189 Å². The molecule has 0 atom stereocenters. The number of carbonyl (C=O) groups excluding carboxylic acids is 2. The Morgan fingerprint density at radius 1 is 1.07 bits per heavy atom. The van der Waals surface area contributed by atoms with Crippen LogP contribution in [0.3, 0.4) is 0 Å². The van der Waals surface area contributed by atoms with E-state index in [1.165, 1.54) is 0 Å². The van der Waals surface area contributed by atoms with Crippen molar-refractivity contribution in [2.45, 2.75) is 24.7 Å². The maximum Gasteiger partial charge on any atom is 0.232 e. The van der Waals surface area contributed by atoms with Crippen LogP contribution >= 0.6 is 27.7 Å². The van der Waals surface area contributed by atoms with Gasteiger partial charge in [0.15, 0.2) is 17.3 Å². The molecule has 1 fully saturated rings. The Hall–Kier alpha value is -1.99. The second kappa shape index (κ2) is 9.43. The minimum absolute atomic E-state index is 0.0574. The summed E-state index contributed by atoms with van der Waals surface area (Å²) in [4.78, 5) is 28.6. The van der Waals surface area contributed by atoms with Crippen molar-refractivity contribution >= 4 is 39.4 Å². The van der Waals surface area contributed by atoms with Gasteiger partial charge in [-0.2, -0.15) is 0 Å². The normalized spacial score (nSPS) is 16.4. The third-order valence-electron chi connectivity index (χ3n) is 5.53. The topological polar surface area (TPSA) is 55.8 Å². The van der Waals surface area contributed by atoms with Gasteiger partial charge < -0.3 is 14.4 Å². The van der Waals surface area contributed by atoms with Gasteiger partial charge in [0.1, 0.15) is 13.2 Å². The van der Waals surface area contributed by atoms with Crippen LogP contribution in [0.25, 0.3) is 0 Å². The van der Waals surface area contributed by atoms with Crippen molar-refractivity contribution in [1.29, 1.82) is 0 Å². The minimum Gasteiger partial charge on any atom is -0.486 e. The lowest BCUT2D eigenvalue weighted by molar-refractivity contribution is -0.129. The van der Waals surface area contributed by atoms with E-state index in [1.807, 2.05) is 36.1 Å². The van der Waals surface area contributed by atoms with E-state index >= 15 is 0 Å². The predicted octanol–water partition coefficient (Wildman–Crippen LogP) is 4.74. The molecule has 0 saturated carbocycles. The number of nitrogens with zero attached hydrogens (tertiary/aromatic N) is 1. The SMILES string of the molecule is Cc1cc(Br)ccc1SCC(=O)N1CCC(C(=O)c2ccc3c(c2)OCCO3)CC1. The van der Waals surface area contributed by atoms with Crippen molar-refractivity contribution < 1.29 is 19.1 Å². The molecule has 30 heavy (non-hydrogen) atoms. The number of carbonyl (C=O) groups is 2. The van der Waals surface area contributed by atoms with Crippen molar-refractivity contribution in [3.63, 3.8) is 0 Å². The van der Waals surface area contributed by atoms with Gasteiger partial charge in [-0.05, 0) is 61.7 Å². The summed E-state index contributed by atoms with van der Waals surface area (Å²) in [7, 11) is 0. The zero-order valence-electron chi connectivity index (χ0n) is 16.9. The predicted molar refractivity (Wildman–Crippen MR) is 121 cm³/mol. The number of fused-ring (bicyclic) bond motifs is 1. The molecule has 1 amide bonds. The third kappa shape index (κ3) is 4.83. The van der Waals surface area contributed by atoms with E-state index < -0.39 is 0 Å². The maximum atomic E-state index is 12.9. The number of hydrogen-bond donors (Lipinski definition) is 0. The summed E-state index contributed by atoms with van der Waals surface area (Å²) in [6.07, 6.45) is 1.39. The number of Topliss-reactive ketones (excluding diaryl/α,β-unsaturated/α-hetero) is 1. The fourth-order valence-corrected chi connectivity index (χ4v) is 5.22. The largest absolute Gasteiger partial charge is 0.486 e. The van der Waals surface area contributed by atoms with Gasteiger partial charge in [-0.3, -0.25) is 9.59 Å². The molecule has 0 aliphatic carbocycles. The molecule has 2 heterocycles. The summed E-state index contributed by atoms with van der Waals surface area (Å²) in [5.74, 6) is 1.95. The third-order valence-corrected chi connectivity index (χ3v) is 7.19. The van der Waals surface area contributed by atoms with Gasteiger partial charge in [-0.25, -0.2) is 0 Å². The first-order valence-electron chi connectivity index (χ1n) is 10.1. The van der Waals surface area contributed by atoms with Crippen molar-refractivity contribution in [1.82, 2.24) is 4.90 Å². The van der Waals surface area contributed by atoms with Crippen LogP contribution in [-0.2, 0) is 4.79 Å². The van der Waals surface area contributed by atoms with Gasteiger partial charge in [0.25, 0.3) is 0 Å². The van der Waals surface area contributed by atoms with Gasteiger partial charge in [0.05, 0.1) is 5.75 Å². The van der Waals surface area contributed by atoms with E-state index in [1.54, 1.807) is 17.8 Å². The van der Waals surface area contributed by atoms with Crippen LogP contribution < -0.4 is 9.47 Å². The van der Waals surface area contributed by atoms with Gasteiger partial charge in [-0.15, -0.1) is 11.8 Å². The number of hydrogen-bond acceptors (Lipinski definition) is 5. The number of ketones is 1. The van der Waals surface area contributed by atoms with Gasteiger partial charge in [-0.1, -0.05) is 15.9 Å². The van der Waals surface area contributed by atoms with Crippen LogP contribution in [0.2, 0.25) is 0 Å². The average molecular weight is 490 g/mol. The van der Waals surface area contributed by atoms with E-state index in [2.05, 4.69) is 22.0 Å². The molecule has 2 aromatic carbocycles. The highest BCUT2D eigenvalue weighted by atomic mass is 79.9. The summed E-state index contributed by atoms with van der Waals surface area (Å²) < 4.78 is 12.2. The lowest BCUT2D eigenvalue weighted by atomic mass is 9.88. The Kier molecular flexibility index (Phi) is 6.68. The van der Waals surface area contributed by atoms with Crippen LogP contribution in [0.4, 0.5) is 0 Å². The smallest absolute Gasteiger partial charge is 0.232 e. The number of benzene rings is 2. The summed E-state index contributed by atoms with van der Waals surface area (Å²) in [6, 6.07) is 11.5. The van der Waals surface area contributed by atoms with E-state index in [-0.39, 0.29) is 17.6 Å². The summed E-state index contributed by atoms with van der Waals surface area (Å²) in [6.45, 7) is 4.33. The number of ether oxygens (including phenoxy) is 2. The molecular formula is C23H24BrNO4S. The number of amides is 1. The molecule has 7 heteroatoms. The van der Waals surface area contributed by atoms with Crippen LogP contribution in [0.5, 0.6) is 11.5 Å². The second-order valence-corrected chi connectivity index (χ2v) is 9.51. The quantitative estimate of drug-likeness (QED) is 0.448. The lowest BCUT2D eigenvalue weighted by Crippen LogP contribution is -2.41. The van der Waals surface area contributed by atoms with Crippen molar-refractivity contribution in [3.05, 3.63) is 52.0 Å². The number of thioether (sulfide) groups is 1. The fraction of sp³-hybridized carbons (Fsp3) is 0.391. The van der Waals surface area contributed by atoms with Crippen LogP contribution in [0, 0.1) is 12.8 Å². The number of halogens is 1. The Morgan fingerprint density at radius 3 is 2.53 bits per heavy atom. The van der Waals surface area contributed by atoms with Gasteiger partial charge >= 0.3 is 0 Å².